The van der Waals surface area contributed by atoms with Crippen LogP contribution in [0.1, 0.15) is 30.1 Å². The van der Waals surface area contributed by atoms with Gasteiger partial charge in [-0.05, 0) is 74.2 Å². The normalized spacial score (nSPS) is 18.4. The van der Waals surface area contributed by atoms with Gasteiger partial charge in [-0.2, -0.15) is 0 Å². The molecule has 2 N–H and O–H groups in total. The van der Waals surface area contributed by atoms with Gasteiger partial charge in [0.2, 0.25) is 0 Å². The van der Waals surface area contributed by atoms with Crippen molar-refractivity contribution in [3.63, 3.8) is 0 Å². The SMILES string of the molecule is Cc1ccccc1[C@@H](O)CN1CCC(CN2c3ccccc3Nc3ccccc3S2(=O)=O)CC1.Cl. The van der Waals surface area contributed by atoms with Crippen LogP contribution in [0.15, 0.2) is 77.7 Å². The number of aryl methyl sites for hydroxylation is 1. The number of nitrogens with one attached hydrogen (secondary N) is 1. The second-order valence-electron chi connectivity index (χ2n) is 9.29. The zero-order valence-electron chi connectivity index (χ0n) is 19.8. The van der Waals surface area contributed by atoms with Crippen LogP contribution in [-0.4, -0.2) is 44.6 Å². The van der Waals surface area contributed by atoms with E-state index in [-0.39, 0.29) is 18.3 Å². The van der Waals surface area contributed by atoms with Crippen molar-refractivity contribution in [2.24, 2.45) is 5.92 Å². The lowest BCUT2D eigenvalue weighted by Crippen LogP contribution is -2.42. The van der Waals surface area contributed by atoms with Gasteiger partial charge in [-0.3, -0.25) is 4.31 Å². The van der Waals surface area contributed by atoms with E-state index in [4.69, 9.17) is 0 Å². The maximum atomic E-state index is 13.7. The van der Waals surface area contributed by atoms with E-state index in [1.54, 1.807) is 16.4 Å². The molecule has 0 spiro atoms. The van der Waals surface area contributed by atoms with Crippen LogP contribution >= 0.6 is 12.4 Å². The number of rotatable bonds is 5. The lowest BCUT2D eigenvalue weighted by atomic mass is 9.95. The molecule has 8 heteroatoms. The average Bonchev–Trinajstić information content (AvgIpc) is 2.93. The van der Waals surface area contributed by atoms with Crippen molar-refractivity contribution >= 4 is 39.5 Å². The first-order chi connectivity index (χ1) is 16.4. The molecule has 0 amide bonds. The monoisotopic (exact) mass is 513 g/mol. The first-order valence-corrected chi connectivity index (χ1v) is 13.3. The van der Waals surface area contributed by atoms with Crippen molar-refractivity contribution in [1.29, 1.82) is 0 Å². The summed E-state index contributed by atoms with van der Waals surface area (Å²) in [6.45, 7) is 4.76. The molecule has 186 valence electrons. The highest BCUT2D eigenvalue weighted by molar-refractivity contribution is 7.93. The molecule has 0 unspecified atom stereocenters. The van der Waals surface area contributed by atoms with Crippen LogP contribution in [0.4, 0.5) is 17.1 Å². The molecule has 5 rings (SSSR count). The molecule has 3 aromatic carbocycles. The van der Waals surface area contributed by atoms with E-state index < -0.39 is 16.1 Å². The third-order valence-corrected chi connectivity index (χ3v) is 8.84. The van der Waals surface area contributed by atoms with E-state index in [1.807, 2.05) is 67.6 Å². The molecule has 6 nitrogen and oxygen atoms in total. The number of halogens is 1. The number of fused-ring (bicyclic) bond motifs is 2. The molecule has 2 aliphatic heterocycles. The van der Waals surface area contributed by atoms with Crippen LogP contribution in [0.3, 0.4) is 0 Å². The summed E-state index contributed by atoms with van der Waals surface area (Å²) in [5, 5.41) is 14.1. The highest BCUT2D eigenvalue weighted by Gasteiger charge is 2.34. The Morgan fingerprint density at radius 1 is 0.943 bits per heavy atom. The van der Waals surface area contributed by atoms with Crippen molar-refractivity contribution in [3.05, 3.63) is 83.9 Å². The van der Waals surface area contributed by atoms with E-state index in [2.05, 4.69) is 10.2 Å². The van der Waals surface area contributed by atoms with Gasteiger partial charge in [0.25, 0.3) is 10.0 Å². The van der Waals surface area contributed by atoms with Gasteiger partial charge in [0, 0.05) is 13.1 Å². The maximum absolute atomic E-state index is 13.7. The Balaban J connectivity index is 0.00000289. The number of likely N-dealkylation sites (tertiary alicyclic amines) is 1. The largest absolute Gasteiger partial charge is 0.387 e. The Kier molecular flexibility index (Phi) is 7.71. The minimum Gasteiger partial charge on any atom is -0.387 e. The van der Waals surface area contributed by atoms with Crippen LogP contribution in [0, 0.1) is 12.8 Å². The molecule has 0 aliphatic carbocycles. The van der Waals surface area contributed by atoms with Gasteiger partial charge in [-0.15, -0.1) is 12.4 Å². The van der Waals surface area contributed by atoms with E-state index in [0.717, 1.165) is 42.7 Å². The Hall–Kier alpha value is -2.58. The lowest BCUT2D eigenvalue weighted by Gasteiger charge is -2.36. The molecular formula is C27H32ClN3O3S. The molecular weight excluding hydrogens is 482 g/mol. The number of benzene rings is 3. The number of aliphatic hydroxyl groups excluding tert-OH is 1. The number of aliphatic hydroxyl groups is 1. The highest BCUT2D eigenvalue weighted by Crippen LogP contribution is 2.40. The van der Waals surface area contributed by atoms with Crippen LogP contribution in [-0.2, 0) is 10.0 Å². The van der Waals surface area contributed by atoms with E-state index in [1.165, 1.54) is 0 Å². The van der Waals surface area contributed by atoms with Crippen molar-refractivity contribution < 1.29 is 13.5 Å². The molecule has 1 saturated heterocycles. The third kappa shape index (κ3) is 5.19. The molecule has 35 heavy (non-hydrogen) atoms. The smallest absolute Gasteiger partial charge is 0.266 e. The minimum absolute atomic E-state index is 0. The van der Waals surface area contributed by atoms with Crippen molar-refractivity contribution in [2.75, 3.05) is 35.8 Å². The van der Waals surface area contributed by atoms with Gasteiger partial charge in [0.1, 0.15) is 4.90 Å². The van der Waals surface area contributed by atoms with Gasteiger partial charge >= 0.3 is 0 Å². The Morgan fingerprint density at radius 3 is 2.31 bits per heavy atom. The summed E-state index contributed by atoms with van der Waals surface area (Å²) >= 11 is 0. The summed E-state index contributed by atoms with van der Waals surface area (Å²) in [6.07, 6.45) is 1.27. The number of para-hydroxylation sites is 3. The number of nitrogens with zero attached hydrogens (tertiary/aromatic N) is 2. The number of sulfonamides is 1. The summed E-state index contributed by atoms with van der Waals surface area (Å²) in [4.78, 5) is 2.60. The predicted molar refractivity (Wildman–Crippen MR) is 143 cm³/mol. The van der Waals surface area contributed by atoms with E-state index >= 15 is 0 Å². The lowest BCUT2D eigenvalue weighted by molar-refractivity contribution is 0.0901. The van der Waals surface area contributed by atoms with Crippen LogP contribution in [0.25, 0.3) is 0 Å². The summed E-state index contributed by atoms with van der Waals surface area (Å²) in [6, 6.07) is 22.7. The Morgan fingerprint density at radius 2 is 1.57 bits per heavy atom. The maximum Gasteiger partial charge on any atom is 0.266 e. The number of hydrogen-bond acceptors (Lipinski definition) is 5. The van der Waals surface area contributed by atoms with Gasteiger partial charge in [-0.1, -0.05) is 48.5 Å². The summed E-state index contributed by atoms with van der Waals surface area (Å²) in [7, 11) is -3.69. The molecule has 0 radical (unpaired) electrons. The quantitative estimate of drug-likeness (QED) is 0.495. The Labute approximate surface area is 214 Å². The zero-order valence-corrected chi connectivity index (χ0v) is 21.4. The summed E-state index contributed by atoms with van der Waals surface area (Å²) in [5.74, 6) is 0.250. The standard InChI is InChI=1S/C27H31N3O3S.ClH/c1-20-8-2-3-9-22(20)26(31)19-29-16-14-21(15-17-29)18-30-25-12-6-4-10-23(25)28-24-11-5-7-13-27(24)34(30,32)33;/h2-13,21,26,28,31H,14-19H2,1H3;1H/t26-;/m0./s1. The summed E-state index contributed by atoms with van der Waals surface area (Å²) < 4.78 is 29.0. The number of piperidine rings is 1. The minimum atomic E-state index is -3.69. The number of hydrogen-bond donors (Lipinski definition) is 2. The van der Waals surface area contributed by atoms with Crippen molar-refractivity contribution in [3.8, 4) is 0 Å². The first kappa shape index (κ1) is 25.5. The molecule has 2 aliphatic rings. The fourth-order valence-electron chi connectivity index (χ4n) is 5.07. The molecule has 2 heterocycles. The highest BCUT2D eigenvalue weighted by atomic mass is 35.5. The number of anilines is 3. The van der Waals surface area contributed by atoms with Crippen LogP contribution < -0.4 is 9.62 Å². The van der Waals surface area contributed by atoms with Crippen LogP contribution in [0.2, 0.25) is 0 Å². The van der Waals surface area contributed by atoms with Gasteiger partial charge in [0.15, 0.2) is 0 Å². The molecule has 1 atom stereocenters. The zero-order chi connectivity index (χ0) is 23.7. The number of β-amino-alcohol motifs (C(OH)–C–C–N with tert-alkyl or cyclic N) is 1. The topological polar surface area (TPSA) is 72.9 Å². The predicted octanol–water partition coefficient (Wildman–Crippen LogP) is 5.11. The van der Waals surface area contributed by atoms with Crippen LogP contribution in [0.5, 0.6) is 0 Å². The third-order valence-electron chi connectivity index (χ3n) is 7.01. The van der Waals surface area contributed by atoms with E-state index in [9.17, 15) is 13.5 Å². The molecule has 0 aromatic heterocycles. The van der Waals surface area contributed by atoms with Crippen molar-refractivity contribution in [1.82, 2.24) is 4.90 Å². The second-order valence-corrected chi connectivity index (χ2v) is 11.1. The molecule has 0 bridgehead atoms. The second kappa shape index (κ2) is 10.6. The van der Waals surface area contributed by atoms with E-state index in [0.29, 0.717) is 29.4 Å². The first-order valence-electron chi connectivity index (χ1n) is 11.9. The molecule has 3 aromatic rings. The van der Waals surface area contributed by atoms with Gasteiger partial charge in [-0.25, -0.2) is 8.42 Å². The average molecular weight is 514 g/mol. The van der Waals surface area contributed by atoms with Gasteiger partial charge < -0.3 is 15.3 Å². The summed E-state index contributed by atoms with van der Waals surface area (Å²) in [5.41, 5.74) is 4.18. The Bertz CT molecular complexity index is 1280. The molecule has 1 fully saturated rings. The van der Waals surface area contributed by atoms with Gasteiger partial charge in [0.05, 0.1) is 23.2 Å². The van der Waals surface area contributed by atoms with Crippen molar-refractivity contribution in [2.45, 2.75) is 30.8 Å². The fourth-order valence-corrected chi connectivity index (χ4v) is 6.78. The fraction of sp³-hybridized carbons (Fsp3) is 0.333. The molecule has 0 saturated carbocycles.